The van der Waals surface area contributed by atoms with E-state index in [1.54, 1.807) is 6.20 Å². The number of hydrogen-bond acceptors (Lipinski definition) is 8. The van der Waals surface area contributed by atoms with Gasteiger partial charge in [-0.3, -0.25) is 4.98 Å². The van der Waals surface area contributed by atoms with Crippen molar-refractivity contribution in [1.29, 1.82) is 0 Å². The first kappa shape index (κ1) is 17.9. The Kier molecular flexibility index (Phi) is 5.62. The summed E-state index contributed by atoms with van der Waals surface area (Å²) < 4.78 is 5.47. The average molecular weight is 369 g/mol. The van der Waals surface area contributed by atoms with Gasteiger partial charge in [-0.05, 0) is 30.4 Å². The van der Waals surface area contributed by atoms with Crippen LogP contribution >= 0.6 is 0 Å². The van der Waals surface area contributed by atoms with Crippen molar-refractivity contribution in [3.8, 4) is 0 Å². The zero-order chi connectivity index (χ0) is 18.5. The standard InChI is InChI=1S/C19H27N7O/c1-15-4-7-25(8-5-15)18-22-17(21-14-16-3-2-6-20-13-16)23-19(24-18)26-9-11-27-12-10-26/h2-3,6,13,15H,4-5,7-12,14H2,1H3,(H,21,22,23,24). The van der Waals surface area contributed by atoms with Gasteiger partial charge in [0.25, 0.3) is 0 Å². The van der Waals surface area contributed by atoms with Crippen molar-refractivity contribution in [1.82, 2.24) is 19.9 Å². The molecule has 2 saturated heterocycles. The Morgan fingerprint density at radius 2 is 1.74 bits per heavy atom. The molecule has 1 N–H and O–H groups in total. The van der Waals surface area contributed by atoms with Crippen molar-refractivity contribution in [2.75, 3.05) is 54.5 Å². The van der Waals surface area contributed by atoms with Crippen molar-refractivity contribution >= 4 is 17.8 Å². The number of pyridine rings is 1. The monoisotopic (exact) mass is 369 g/mol. The minimum atomic E-state index is 0.615. The van der Waals surface area contributed by atoms with E-state index in [0.29, 0.717) is 25.7 Å². The van der Waals surface area contributed by atoms with Crippen LogP contribution < -0.4 is 15.1 Å². The van der Waals surface area contributed by atoms with Gasteiger partial charge in [-0.15, -0.1) is 0 Å². The summed E-state index contributed by atoms with van der Waals surface area (Å²) in [6.45, 7) is 7.97. The number of rotatable bonds is 5. The predicted molar refractivity (Wildman–Crippen MR) is 105 cm³/mol. The molecule has 0 radical (unpaired) electrons. The first-order valence-electron chi connectivity index (χ1n) is 9.74. The predicted octanol–water partition coefficient (Wildman–Crippen LogP) is 1.95. The summed E-state index contributed by atoms with van der Waals surface area (Å²) in [7, 11) is 0. The van der Waals surface area contributed by atoms with Crippen molar-refractivity contribution in [2.45, 2.75) is 26.3 Å². The topological polar surface area (TPSA) is 79.3 Å². The van der Waals surface area contributed by atoms with E-state index in [9.17, 15) is 0 Å². The lowest BCUT2D eigenvalue weighted by Crippen LogP contribution is -2.39. The molecule has 27 heavy (non-hydrogen) atoms. The van der Waals surface area contributed by atoms with E-state index < -0.39 is 0 Å². The Morgan fingerprint density at radius 3 is 2.41 bits per heavy atom. The van der Waals surface area contributed by atoms with Crippen LogP contribution in [0.4, 0.5) is 17.8 Å². The molecule has 2 aromatic rings. The van der Waals surface area contributed by atoms with Gasteiger partial charge in [-0.1, -0.05) is 13.0 Å². The highest BCUT2D eigenvalue weighted by Gasteiger charge is 2.22. The summed E-state index contributed by atoms with van der Waals surface area (Å²) in [5.74, 6) is 2.89. The van der Waals surface area contributed by atoms with Crippen LogP contribution in [0.25, 0.3) is 0 Å². The maximum Gasteiger partial charge on any atom is 0.232 e. The molecule has 8 nitrogen and oxygen atoms in total. The first-order chi connectivity index (χ1) is 13.3. The van der Waals surface area contributed by atoms with Gasteiger partial charge < -0.3 is 19.9 Å². The third-order valence-electron chi connectivity index (χ3n) is 5.15. The van der Waals surface area contributed by atoms with E-state index in [0.717, 1.165) is 49.6 Å². The van der Waals surface area contributed by atoms with Crippen LogP contribution in [0, 0.1) is 5.92 Å². The van der Waals surface area contributed by atoms with E-state index >= 15 is 0 Å². The minimum absolute atomic E-state index is 0.615. The summed E-state index contributed by atoms with van der Waals surface area (Å²) in [6, 6.07) is 3.97. The molecule has 0 amide bonds. The van der Waals surface area contributed by atoms with Crippen molar-refractivity contribution in [2.24, 2.45) is 5.92 Å². The molecule has 144 valence electrons. The van der Waals surface area contributed by atoms with Crippen molar-refractivity contribution in [3.05, 3.63) is 30.1 Å². The highest BCUT2D eigenvalue weighted by molar-refractivity contribution is 5.46. The van der Waals surface area contributed by atoms with Crippen molar-refractivity contribution in [3.63, 3.8) is 0 Å². The fourth-order valence-corrected chi connectivity index (χ4v) is 3.37. The average Bonchev–Trinajstić information content (AvgIpc) is 2.74. The van der Waals surface area contributed by atoms with Crippen LogP contribution in [0.2, 0.25) is 0 Å². The van der Waals surface area contributed by atoms with E-state index in [-0.39, 0.29) is 0 Å². The molecule has 0 aromatic carbocycles. The van der Waals surface area contributed by atoms with Gasteiger partial charge in [0.15, 0.2) is 0 Å². The summed E-state index contributed by atoms with van der Waals surface area (Å²) in [6.07, 6.45) is 5.98. The molecule has 4 heterocycles. The Bertz CT molecular complexity index is 728. The minimum Gasteiger partial charge on any atom is -0.378 e. The van der Waals surface area contributed by atoms with E-state index in [1.165, 1.54) is 12.8 Å². The number of nitrogens with one attached hydrogen (secondary N) is 1. The van der Waals surface area contributed by atoms with Gasteiger partial charge >= 0.3 is 0 Å². The van der Waals surface area contributed by atoms with Crippen LogP contribution in [-0.4, -0.2) is 59.3 Å². The molecule has 0 atom stereocenters. The molecule has 0 unspecified atom stereocenters. The largest absolute Gasteiger partial charge is 0.378 e. The Labute approximate surface area is 160 Å². The lowest BCUT2D eigenvalue weighted by molar-refractivity contribution is 0.122. The van der Waals surface area contributed by atoms with Gasteiger partial charge in [0, 0.05) is 45.1 Å². The number of hydrogen-bond donors (Lipinski definition) is 1. The Morgan fingerprint density at radius 1 is 1.04 bits per heavy atom. The summed E-state index contributed by atoms with van der Waals surface area (Å²) in [5, 5.41) is 3.34. The van der Waals surface area contributed by atoms with Crippen LogP contribution in [0.5, 0.6) is 0 Å². The molecule has 2 aliphatic heterocycles. The van der Waals surface area contributed by atoms with Gasteiger partial charge in [-0.25, -0.2) is 0 Å². The lowest BCUT2D eigenvalue weighted by atomic mass is 10.00. The second kappa shape index (κ2) is 8.47. The van der Waals surface area contributed by atoms with E-state index in [1.807, 2.05) is 18.3 Å². The third-order valence-corrected chi connectivity index (χ3v) is 5.15. The molecule has 0 spiro atoms. The normalized spacial score (nSPS) is 18.6. The smallest absolute Gasteiger partial charge is 0.232 e. The molecule has 2 fully saturated rings. The van der Waals surface area contributed by atoms with Gasteiger partial charge in [0.1, 0.15) is 0 Å². The Balaban J connectivity index is 1.55. The zero-order valence-electron chi connectivity index (χ0n) is 15.8. The highest BCUT2D eigenvalue weighted by Crippen LogP contribution is 2.23. The van der Waals surface area contributed by atoms with Crippen LogP contribution in [0.1, 0.15) is 25.3 Å². The fraction of sp³-hybridized carbons (Fsp3) is 0.579. The van der Waals surface area contributed by atoms with E-state index in [2.05, 4.69) is 32.0 Å². The molecule has 0 aliphatic carbocycles. The second-order valence-electron chi connectivity index (χ2n) is 7.24. The number of nitrogens with zero attached hydrogens (tertiary/aromatic N) is 6. The second-order valence-corrected chi connectivity index (χ2v) is 7.24. The number of aromatic nitrogens is 4. The number of anilines is 3. The van der Waals surface area contributed by atoms with Gasteiger partial charge in [-0.2, -0.15) is 15.0 Å². The molecule has 4 rings (SSSR count). The first-order valence-corrected chi connectivity index (χ1v) is 9.74. The summed E-state index contributed by atoms with van der Waals surface area (Å²) in [5.41, 5.74) is 1.10. The Hall–Kier alpha value is -2.48. The molecule has 2 aromatic heterocycles. The molecular formula is C19H27N7O. The van der Waals surface area contributed by atoms with Gasteiger partial charge in [0.05, 0.1) is 13.2 Å². The quantitative estimate of drug-likeness (QED) is 0.857. The van der Waals surface area contributed by atoms with Crippen LogP contribution in [0.3, 0.4) is 0 Å². The number of piperidine rings is 1. The number of morpholine rings is 1. The molecule has 0 saturated carbocycles. The van der Waals surface area contributed by atoms with Crippen LogP contribution in [-0.2, 0) is 11.3 Å². The molecule has 8 heteroatoms. The van der Waals surface area contributed by atoms with E-state index in [4.69, 9.17) is 14.7 Å². The number of ether oxygens (including phenoxy) is 1. The summed E-state index contributed by atoms with van der Waals surface area (Å²) in [4.78, 5) is 22.8. The van der Waals surface area contributed by atoms with Gasteiger partial charge in [0.2, 0.25) is 17.8 Å². The van der Waals surface area contributed by atoms with Crippen LogP contribution in [0.15, 0.2) is 24.5 Å². The molecule has 2 aliphatic rings. The molecule has 0 bridgehead atoms. The highest BCUT2D eigenvalue weighted by atomic mass is 16.5. The summed E-state index contributed by atoms with van der Waals surface area (Å²) >= 11 is 0. The molecular weight excluding hydrogens is 342 g/mol. The zero-order valence-corrected chi connectivity index (χ0v) is 15.8. The fourth-order valence-electron chi connectivity index (χ4n) is 3.37. The maximum absolute atomic E-state index is 5.47. The van der Waals surface area contributed by atoms with Crippen molar-refractivity contribution < 1.29 is 4.74 Å². The SMILES string of the molecule is CC1CCN(c2nc(NCc3cccnc3)nc(N3CCOCC3)n2)CC1. The third kappa shape index (κ3) is 4.63. The lowest BCUT2D eigenvalue weighted by Gasteiger charge is -2.32. The maximum atomic E-state index is 5.47.